The summed E-state index contributed by atoms with van der Waals surface area (Å²) in [5, 5.41) is 3.12. The normalized spacial score (nSPS) is 15.5. The lowest BCUT2D eigenvalue weighted by atomic mass is 9.97. The number of hydrogen-bond donors (Lipinski definition) is 1. The molecule has 1 aromatic carbocycles. The first-order valence-corrected chi connectivity index (χ1v) is 13.2. The molecule has 0 saturated carbocycles. The van der Waals surface area contributed by atoms with Crippen molar-refractivity contribution in [2.75, 3.05) is 31.7 Å². The Balaban J connectivity index is 1.42. The second-order valence-electron chi connectivity index (χ2n) is 9.30. The van der Waals surface area contributed by atoms with Crippen LogP contribution in [0.3, 0.4) is 0 Å². The zero-order valence-electron chi connectivity index (χ0n) is 22.4. The lowest BCUT2D eigenvalue weighted by molar-refractivity contribution is -0.121. The predicted octanol–water partition coefficient (Wildman–Crippen LogP) is 4.05. The second kappa shape index (κ2) is 12.6. The molecule has 0 spiro atoms. The maximum absolute atomic E-state index is 13.0. The monoisotopic (exact) mass is 506 g/mol. The van der Waals surface area contributed by atoms with Crippen molar-refractivity contribution in [3.05, 3.63) is 53.7 Å². The van der Waals surface area contributed by atoms with E-state index in [0.717, 1.165) is 67.0 Å². The number of carbonyl (C=O) groups is 1. The van der Waals surface area contributed by atoms with Crippen molar-refractivity contribution in [2.24, 2.45) is 0 Å². The molecule has 1 aliphatic heterocycles. The van der Waals surface area contributed by atoms with Crippen LogP contribution in [0, 0.1) is 6.92 Å². The van der Waals surface area contributed by atoms with Crippen LogP contribution in [0.15, 0.2) is 36.9 Å². The number of methoxy groups -OCH3 is 1. The van der Waals surface area contributed by atoms with Gasteiger partial charge in [-0.3, -0.25) is 9.36 Å². The number of anilines is 1. The minimum absolute atomic E-state index is 0.0634. The summed E-state index contributed by atoms with van der Waals surface area (Å²) in [6.45, 7) is 8.16. The Morgan fingerprint density at radius 2 is 2.05 bits per heavy atom. The van der Waals surface area contributed by atoms with Crippen molar-refractivity contribution < 1.29 is 14.3 Å². The summed E-state index contributed by atoms with van der Waals surface area (Å²) in [4.78, 5) is 29.1. The summed E-state index contributed by atoms with van der Waals surface area (Å²) in [5.41, 5.74) is 3.20. The van der Waals surface area contributed by atoms with Gasteiger partial charge < -0.3 is 19.7 Å². The van der Waals surface area contributed by atoms with Crippen molar-refractivity contribution in [2.45, 2.75) is 65.3 Å². The molecule has 9 nitrogen and oxygen atoms in total. The first-order chi connectivity index (χ1) is 18.0. The zero-order chi connectivity index (χ0) is 26.2. The van der Waals surface area contributed by atoms with Crippen molar-refractivity contribution >= 4 is 11.7 Å². The number of nitrogens with zero attached hydrogens (tertiary/aromatic N) is 5. The molecule has 37 heavy (non-hydrogen) atoms. The van der Waals surface area contributed by atoms with E-state index in [1.54, 1.807) is 19.6 Å². The fraction of sp³-hybridized carbons (Fsp3) is 0.500. The number of aromatic nitrogens is 4. The van der Waals surface area contributed by atoms with E-state index in [-0.39, 0.29) is 11.9 Å². The second-order valence-corrected chi connectivity index (χ2v) is 9.30. The Kier molecular flexibility index (Phi) is 8.98. The third kappa shape index (κ3) is 6.39. The van der Waals surface area contributed by atoms with Gasteiger partial charge in [0.2, 0.25) is 11.9 Å². The molecule has 3 heterocycles. The van der Waals surface area contributed by atoms with Gasteiger partial charge in [-0.2, -0.15) is 4.98 Å². The summed E-state index contributed by atoms with van der Waals surface area (Å²) in [6, 6.07) is 6.02. The van der Waals surface area contributed by atoms with E-state index in [1.807, 2.05) is 42.8 Å². The molecular weight excluding hydrogens is 468 g/mol. The van der Waals surface area contributed by atoms with Crippen LogP contribution in [0.25, 0.3) is 5.95 Å². The highest BCUT2D eigenvalue weighted by Crippen LogP contribution is 2.31. The first kappa shape index (κ1) is 26.4. The summed E-state index contributed by atoms with van der Waals surface area (Å²) in [5.74, 6) is 3.07. The molecule has 1 unspecified atom stereocenters. The molecule has 1 N–H and O–H groups in total. The molecule has 1 saturated heterocycles. The van der Waals surface area contributed by atoms with E-state index in [4.69, 9.17) is 19.4 Å². The van der Waals surface area contributed by atoms with Crippen LogP contribution >= 0.6 is 0 Å². The highest BCUT2D eigenvalue weighted by atomic mass is 16.5. The Morgan fingerprint density at radius 3 is 2.78 bits per heavy atom. The predicted molar refractivity (Wildman–Crippen MR) is 144 cm³/mol. The zero-order valence-corrected chi connectivity index (χ0v) is 22.4. The molecule has 1 aliphatic rings. The third-order valence-corrected chi connectivity index (χ3v) is 6.85. The minimum atomic E-state index is 0.0634. The van der Waals surface area contributed by atoms with Crippen LogP contribution in [0.5, 0.6) is 11.5 Å². The fourth-order valence-corrected chi connectivity index (χ4v) is 4.98. The third-order valence-electron chi connectivity index (χ3n) is 6.85. The van der Waals surface area contributed by atoms with Crippen LogP contribution in [0.2, 0.25) is 0 Å². The van der Waals surface area contributed by atoms with Gasteiger partial charge in [0.05, 0.1) is 13.7 Å². The summed E-state index contributed by atoms with van der Waals surface area (Å²) < 4.78 is 12.9. The SMILES string of the molecule is CCOc1ccc(CCNC(=O)CC2CCCCN2c2nc(-n3ccnc3)nc(C)c2CC)cc1OC. The average molecular weight is 507 g/mol. The molecule has 0 aliphatic carbocycles. The largest absolute Gasteiger partial charge is 0.493 e. The minimum Gasteiger partial charge on any atom is -0.493 e. The highest BCUT2D eigenvalue weighted by Gasteiger charge is 2.28. The topological polar surface area (TPSA) is 94.4 Å². The average Bonchev–Trinajstić information content (AvgIpc) is 3.45. The van der Waals surface area contributed by atoms with Gasteiger partial charge in [0, 0.05) is 49.2 Å². The van der Waals surface area contributed by atoms with Gasteiger partial charge in [-0.1, -0.05) is 13.0 Å². The Hall–Kier alpha value is -3.62. The van der Waals surface area contributed by atoms with Gasteiger partial charge in [0.1, 0.15) is 12.1 Å². The Labute approximate surface area is 219 Å². The standard InChI is InChI=1S/C28H38N6O3/c1-5-23-20(3)31-28(33-16-14-29-19-33)32-27(23)34-15-8-7-9-22(34)18-26(35)30-13-12-21-10-11-24(37-6-2)25(17-21)36-4/h10-11,14,16-17,19,22H,5-9,12-13,15,18H2,1-4H3,(H,30,35). The fourth-order valence-electron chi connectivity index (χ4n) is 4.98. The van der Waals surface area contributed by atoms with Crippen LogP contribution in [0.4, 0.5) is 5.82 Å². The van der Waals surface area contributed by atoms with Crippen LogP contribution in [-0.4, -0.2) is 58.3 Å². The van der Waals surface area contributed by atoms with E-state index in [2.05, 4.69) is 22.1 Å². The van der Waals surface area contributed by atoms with Crippen LogP contribution in [-0.2, 0) is 17.6 Å². The van der Waals surface area contributed by atoms with E-state index >= 15 is 0 Å². The molecule has 1 atom stereocenters. The van der Waals surface area contributed by atoms with Gasteiger partial charge in [0.25, 0.3) is 0 Å². The first-order valence-electron chi connectivity index (χ1n) is 13.2. The number of rotatable bonds is 11. The van der Waals surface area contributed by atoms with Crippen molar-refractivity contribution in [3.63, 3.8) is 0 Å². The number of amides is 1. The molecule has 0 radical (unpaired) electrons. The number of hydrogen-bond acceptors (Lipinski definition) is 7. The van der Waals surface area contributed by atoms with E-state index < -0.39 is 0 Å². The van der Waals surface area contributed by atoms with Gasteiger partial charge in [-0.15, -0.1) is 0 Å². The Bertz CT molecular complexity index is 1180. The van der Waals surface area contributed by atoms with Gasteiger partial charge >= 0.3 is 0 Å². The number of carbonyl (C=O) groups excluding carboxylic acids is 1. The molecule has 9 heteroatoms. The van der Waals surface area contributed by atoms with E-state index in [9.17, 15) is 4.79 Å². The van der Waals surface area contributed by atoms with Crippen LogP contribution < -0.4 is 19.7 Å². The van der Waals surface area contributed by atoms with Crippen molar-refractivity contribution in [1.29, 1.82) is 0 Å². The molecule has 0 bridgehead atoms. The highest BCUT2D eigenvalue weighted by molar-refractivity contribution is 5.77. The molecule has 2 aromatic heterocycles. The summed E-state index contributed by atoms with van der Waals surface area (Å²) in [6.07, 6.45) is 10.5. The lowest BCUT2D eigenvalue weighted by Gasteiger charge is -2.37. The van der Waals surface area contributed by atoms with E-state index in [0.29, 0.717) is 31.3 Å². The number of nitrogens with one attached hydrogen (secondary N) is 1. The molecule has 3 aromatic rings. The number of imidazole rings is 1. The number of benzene rings is 1. The quantitative estimate of drug-likeness (QED) is 0.419. The van der Waals surface area contributed by atoms with Crippen molar-refractivity contribution in [1.82, 2.24) is 24.8 Å². The Morgan fingerprint density at radius 1 is 1.19 bits per heavy atom. The van der Waals surface area contributed by atoms with Gasteiger partial charge in [0.15, 0.2) is 11.5 Å². The lowest BCUT2D eigenvalue weighted by Crippen LogP contribution is -2.44. The number of ether oxygens (including phenoxy) is 2. The summed E-state index contributed by atoms with van der Waals surface area (Å²) >= 11 is 0. The molecule has 4 rings (SSSR count). The maximum Gasteiger partial charge on any atom is 0.237 e. The van der Waals surface area contributed by atoms with Crippen LogP contribution in [0.1, 0.15) is 56.4 Å². The number of aryl methyl sites for hydroxylation is 1. The molecule has 1 fully saturated rings. The maximum atomic E-state index is 13.0. The van der Waals surface area contributed by atoms with Crippen molar-refractivity contribution in [3.8, 4) is 17.4 Å². The molecular formula is C28H38N6O3. The summed E-state index contributed by atoms with van der Waals surface area (Å²) in [7, 11) is 1.64. The molecule has 1 amide bonds. The smallest absolute Gasteiger partial charge is 0.237 e. The van der Waals surface area contributed by atoms with E-state index in [1.165, 1.54) is 0 Å². The van der Waals surface area contributed by atoms with Gasteiger partial charge in [-0.25, -0.2) is 9.97 Å². The van der Waals surface area contributed by atoms with Gasteiger partial charge in [-0.05, 0) is 63.6 Å². The molecule has 198 valence electrons. The number of piperidine rings is 1.